The molecule has 0 saturated carbocycles. The summed E-state index contributed by atoms with van der Waals surface area (Å²) in [7, 11) is -3.89. The summed E-state index contributed by atoms with van der Waals surface area (Å²) in [5, 5.41) is 0. The van der Waals surface area contributed by atoms with Crippen molar-refractivity contribution in [1.82, 2.24) is 14.5 Å². The third kappa shape index (κ3) is 5.41. The van der Waals surface area contributed by atoms with Gasteiger partial charge in [-0.15, -0.1) is 0 Å². The van der Waals surface area contributed by atoms with Gasteiger partial charge in [-0.2, -0.15) is 4.72 Å². The minimum atomic E-state index is -3.89. The predicted octanol–water partition coefficient (Wildman–Crippen LogP) is 2.15. The van der Waals surface area contributed by atoms with E-state index in [-0.39, 0.29) is 10.8 Å². The average Bonchev–Trinajstić information content (AvgIpc) is 2.70. The van der Waals surface area contributed by atoms with Crippen molar-refractivity contribution in [3.8, 4) is 0 Å². The fraction of sp³-hybridized carbons (Fsp3) is 0.381. The Bertz CT molecular complexity index is 955. The van der Waals surface area contributed by atoms with Crippen LogP contribution in [0.25, 0.3) is 0 Å². The number of carbonyl (C=O) groups excluding carboxylic acids is 1. The SMILES string of the molecule is Cc1ccccc1CN1CCN(C(=O)[C@H](C)NS(=O)(=O)c2ccc(F)cc2)CC1. The zero-order valence-electron chi connectivity index (χ0n) is 16.6. The van der Waals surface area contributed by atoms with Gasteiger partial charge in [-0.1, -0.05) is 24.3 Å². The van der Waals surface area contributed by atoms with Gasteiger partial charge in [-0.3, -0.25) is 9.69 Å². The monoisotopic (exact) mass is 419 g/mol. The first-order chi connectivity index (χ1) is 13.8. The van der Waals surface area contributed by atoms with Crippen molar-refractivity contribution in [2.45, 2.75) is 31.3 Å². The molecule has 156 valence electrons. The zero-order chi connectivity index (χ0) is 21.0. The maximum Gasteiger partial charge on any atom is 0.241 e. The van der Waals surface area contributed by atoms with Gasteiger partial charge in [0, 0.05) is 32.7 Å². The summed E-state index contributed by atoms with van der Waals surface area (Å²) in [6.07, 6.45) is 0. The van der Waals surface area contributed by atoms with Gasteiger partial charge in [-0.25, -0.2) is 12.8 Å². The smallest absolute Gasteiger partial charge is 0.241 e. The van der Waals surface area contributed by atoms with E-state index in [1.54, 1.807) is 4.90 Å². The van der Waals surface area contributed by atoms with Crippen molar-refractivity contribution in [2.24, 2.45) is 0 Å². The summed E-state index contributed by atoms with van der Waals surface area (Å²) in [5.41, 5.74) is 2.52. The molecule has 2 aromatic rings. The fourth-order valence-electron chi connectivity index (χ4n) is 3.39. The molecule has 2 aromatic carbocycles. The summed E-state index contributed by atoms with van der Waals surface area (Å²) in [4.78, 5) is 16.6. The quantitative estimate of drug-likeness (QED) is 0.779. The molecule has 1 N–H and O–H groups in total. The number of hydrogen-bond donors (Lipinski definition) is 1. The molecule has 8 heteroatoms. The van der Waals surface area contributed by atoms with E-state index in [2.05, 4.69) is 28.7 Å². The van der Waals surface area contributed by atoms with Crippen LogP contribution in [0.3, 0.4) is 0 Å². The lowest BCUT2D eigenvalue weighted by Crippen LogP contribution is -2.53. The average molecular weight is 420 g/mol. The first kappa shape index (κ1) is 21.4. The molecular weight excluding hydrogens is 393 g/mol. The van der Waals surface area contributed by atoms with Crippen LogP contribution in [-0.4, -0.2) is 56.3 Å². The summed E-state index contributed by atoms with van der Waals surface area (Å²) in [5.74, 6) is -0.775. The van der Waals surface area contributed by atoms with Crippen molar-refractivity contribution in [3.63, 3.8) is 0 Å². The number of sulfonamides is 1. The van der Waals surface area contributed by atoms with Crippen LogP contribution in [0.4, 0.5) is 4.39 Å². The predicted molar refractivity (Wildman–Crippen MR) is 109 cm³/mol. The van der Waals surface area contributed by atoms with Gasteiger partial charge in [0.15, 0.2) is 0 Å². The summed E-state index contributed by atoms with van der Waals surface area (Å²) in [6, 6.07) is 11.9. The third-order valence-electron chi connectivity index (χ3n) is 5.17. The van der Waals surface area contributed by atoms with Gasteiger partial charge in [0.1, 0.15) is 5.82 Å². The Hall–Kier alpha value is -2.29. The first-order valence-electron chi connectivity index (χ1n) is 9.60. The molecule has 0 bridgehead atoms. The van der Waals surface area contributed by atoms with E-state index in [4.69, 9.17) is 0 Å². The molecule has 1 amide bonds. The Labute approximate surface area is 171 Å². The molecule has 0 aromatic heterocycles. The van der Waals surface area contributed by atoms with E-state index in [1.807, 2.05) is 12.1 Å². The summed E-state index contributed by atoms with van der Waals surface area (Å²) >= 11 is 0. The maximum atomic E-state index is 13.0. The number of piperazine rings is 1. The Morgan fingerprint density at radius 1 is 1.07 bits per heavy atom. The highest BCUT2D eigenvalue weighted by molar-refractivity contribution is 7.89. The molecule has 0 radical (unpaired) electrons. The molecule has 29 heavy (non-hydrogen) atoms. The van der Waals surface area contributed by atoms with Crippen molar-refractivity contribution in [3.05, 3.63) is 65.5 Å². The molecule has 1 saturated heterocycles. The molecule has 1 aliphatic heterocycles. The van der Waals surface area contributed by atoms with Crippen LogP contribution in [0.2, 0.25) is 0 Å². The molecule has 6 nitrogen and oxygen atoms in total. The number of hydrogen-bond acceptors (Lipinski definition) is 4. The van der Waals surface area contributed by atoms with Crippen molar-refractivity contribution in [2.75, 3.05) is 26.2 Å². The molecule has 1 atom stereocenters. The Balaban J connectivity index is 1.54. The topological polar surface area (TPSA) is 69.7 Å². The van der Waals surface area contributed by atoms with E-state index in [9.17, 15) is 17.6 Å². The third-order valence-corrected chi connectivity index (χ3v) is 6.72. The minimum absolute atomic E-state index is 0.0680. The normalized spacial score (nSPS) is 16.6. The number of nitrogens with one attached hydrogen (secondary N) is 1. The second-order valence-electron chi connectivity index (χ2n) is 7.32. The number of aryl methyl sites for hydroxylation is 1. The highest BCUT2D eigenvalue weighted by Crippen LogP contribution is 2.14. The lowest BCUT2D eigenvalue weighted by molar-refractivity contribution is -0.134. The Morgan fingerprint density at radius 3 is 2.31 bits per heavy atom. The molecule has 1 fully saturated rings. The van der Waals surface area contributed by atoms with E-state index >= 15 is 0 Å². The number of nitrogens with zero attached hydrogens (tertiary/aromatic N) is 2. The largest absolute Gasteiger partial charge is 0.339 e. The van der Waals surface area contributed by atoms with Gasteiger partial charge in [-0.05, 0) is 49.2 Å². The Morgan fingerprint density at radius 2 is 1.69 bits per heavy atom. The zero-order valence-corrected chi connectivity index (χ0v) is 17.5. The molecule has 0 unspecified atom stereocenters. The standard InChI is InChI=1S/C21H26FN3O3S/c1-16-5-3-4-6-18(16)15-24-11-13-25(14-12-24)21(26)17(2)23-29(27,28)20-9-7-19(22)8-10-20/h3-10,17,23H,11-15H2,1-2H3/t17-/m0/s1. The fourth-order valence-corrected chi connectivity index (χ4v) is 4.59. The van der Waals surface area contributed by atoms with E-state index in [0.29, 0.717) is 13.1 Å². The van der Waals surface area contributed by atoms with Crippen LogP contribution in [0.5, 0.6) is 0 Å². The molecule has 3 rings (SSSR count). The molecule has 1 heterocycles. The number of rotatable bonds is 6. The van der Waals surface area contributed by atoms with Gasteiger partial charge in [0.05, 0.1) is 10.9 Å². The van der Waals surface area contributed by atoms with Gasteiger partial charge >= 0.3 is 0 Å². The number of amides is 1. The minimum Gasteiger partial charge on any atom is -0.339 e. The van der Waals surface area contributed by atoms with Crippen molar-refractivity contribution in [1.29, 1.82) is 0 Å². The second kappa shape index (κ2) is 9.02. The second-order valence-corrected chi connectivity index (χ2v) is 9.04. The van der Waals surface area contributed by atoms with Crippen LogP contribution in [0.15, 0.2) is 53.4 Å². The van der Waals surface area contributed by atoms with Crippen molar-refractivity contribution < 1.29 is 17.6 Å². The molecular formula is C21H26FN3O3S. The Kier molecular flexibility index (Phi) is 6.66. The van der Waals surface area contributed by atoms with Gasteiger partial charge < -0.3 is 4.90 Å². The maximum absolute atomic E-state index is 13.0. The summed E-state index contributed by atoms with van der Waals surface area (Å²) < 4.78 is 40.2. The van der Waals surface area contributed by atoms with Crippen LogP contribution < -0.4 is 4.72 Å². The van der Waals surface area contributed by atoms with Crippen LogP contribution in [0, 0.1) is 12.7 Å². The molecule has 1 aliphatic rings. The van der Waals surface area contributed by atoms with Crippen LogP contribution >= 0.6 is 0 Å². The van der Waals surface area contributed by atoms with Crippen LogP contribution in [0.1, 0.15) is 18.1 Å². The highest BCUT2D eigenvalue weighted by Gasteiger charge is 2.28. The number of carbonyl (C=O) groups is 1. The highest BCUT2D eigenvalue weighted by atomic mass is 32.2. The van der Waals surface area contributed by atoms with E-state index in [0.717, 1.165) is 31.8 Å². The van der Waals surface area contributed by atoms with Crippen LogP contribution in [-0.2, 0) is 21.4 Å². The van der Waals surface area contributed by atoms with E-state index in [1.165, 1.54) is 30.2 Å². The van der Waals surface area contributed by atoms with Gasteiger partial charge in [0.2, 0.25) is 15.9 Å². The van der Waals surface area contributed by atoms with E-state index < -0.39 is 21.9 Å². The molecule has 0 spiro atoms. The first-order valence-corrected chi connectivity index (χ1v) is 11.1. The number of halogens is 1. The molecule has 0 aliphatic carbocycles. The van der Waals surface area contributed by atoms with Gasteiger partial charge in [0.25, 0.3) is 0 Å². The lowest BCUT2D eigenvalue weighted by atomic mass is 10.1. The van der Waals surface area contributed by atoms with Crippen molar-refractivity contribution >= 4 is 15.9 Å². The summed E-state index contributed by atoms with van der Waals surface area (Å²) in [6.45, 7) is 7.02. The number of benzene rings is 2. The lowest BCUT2D eigenvalue weighted by Gasteiger charge is -2.36.